The Bertz CT molecular complexity index is 1280. The minimum Gasteiger partial charge on any atom is -0.448 e. The van der Waals surface area contributed by atoms with E-state index in [0.717, 1.165) is 42.7 Å². The van der Waals surface area contributed by atoms with Gasteiger partial charge < -0.3 is 29.0 Å². The average Bonchev–Trinajstić information content (AvgIpc) is 3.73. The molecule has 3 saturated heterocycles. The second kappa shape index (κ2) is 11.3. The summed E-state index contributed by atoms with van der Waals surface area (Å²) in [5.41, 5.74) is -0.937. The van der Waals surface area contributed by atoms with Crippen molar-refractivity contribution in [3.63, 3.8) is 0 Å². The molecule has 13 nitrogen and oxygen atoms in total. The SMILES string of the molecule is CC(C)(C)OC(=O)N1C[C@H](NC(=O)OCCN2C(=O)C=CC2=O)C[C@H]1C(=O)N1CCC[C@H]1B1OC2C3CC(CC2(C)O1)C3(C)C. The Hall–Kier alpha value is -3.13. The van der Waals surface area contributed by atoms with Crippen molar-refractivity contribution in [1.82, 2.24) is 20.0 Å². The zero-order valence-electron chi connectivity index (χ0n) is 27.1. The third kappa shape index (κ3) is 5.84. The maximum Gasteiger partial charge on any atom is 0.481 e. The first-order chi connectivity index (χ1) is 21.1. The molecule has 7 aliphatic rings. The number of amides is 5. The Labute approximate surface area is 264 Å². The lowest BCUT2D eigenvalue weighted by atomic mass is 9.45. The number of hydrogen-bond donors (Lipinski definition) is 1. The number of likely N-dealkylation sites (tertiary alicyclic amines) is 2. The van der Waals surface area contributed by atoms with Crippen molar-refractivity contribution >= 4 is 37.0 Å². The van der Waals surface area contributed by atoms with Crippen LogP contribution in [-0.4, -0.2) is 113 Å². The molecule has 0 aromatic rings. The van der Waals surface area contributed by atoms with Gasteiger partial charge in [0.25, 0.3) is 11.8 Å². The molecule has 4 heterocycles. The fourth-order valence-electron chi connectivity index (χ4n) is 8.24. The zero-order valence-corrected chi connectivity index (χ0v) is 27.1. The summed E-state index contributed by atoms with van der Waals surface area (Å²) < 4.78 is 24.1. The molecule has 45 heavy (non-hydrogen) atoms. The van der Waals surface area contributed by atoms with Crippen molar-refractivity contribution in [2.24, 2.45) is 17.3 Å². The van der Waals surface area contributed by atoms with Crippen LogP contribution in [0.3, 0.4) is 0 Å². The van der Waals surface area contributed by atoms with Crippen LogP contribution < -0.4 is 5.32 Å². The van der Waals surface area contributed by atoms with Gasteiger partial charge in [-0.3, -0.25) is 24.2 Å². The molecule has 0 aromatic carbocycles. The molecule has 2 bridgehead atoms. The Morgan fingerprint density at radius 1 is 1.09 bits per heavy atom. The molecule has 0 spiro atoms. The van der Waals surface area contributed by atoms with Crippen LogP contribution in [0.25, 0.3) is 0 Å². The van der Waals surface area contributed by atoms with E-state index in [1.54, 1.807) is 25.7 Å². The Morgan fingerprint density at radius 2 is 1.80 bits per heavy atom. The van der Waals surface area contributed by atoms with E-state index in [-0.39, 0.29) is 55.1 Å². The summed E-state index contributed by atoms with van der Waals surface area (Å²) in [6.07, 6.45) is 4.70. The van der Waals surface area contributed by atoms with Crippen LogP contribution in [0.1, 0.15) is 73.6 Å². The molecular formula is C31H45BN4O9. The fourth-order valence-corrected chi connectivity index (χ4v) is 8.24. The summed E-state index contributed by atoms with van der Waals surface area (Å²) in [6, 6.07) is -1.44. The highest BCUT2D eigenvalue weighted by Gasteiger charge is 2.68. The zero-order chi connectivity index (χ0) is 32.5. The molecule has 7 rings (SSSR count). The molecule has 6 fully saturated rings. The maximum absolute atomic E-state index is 14.2. The highest BCUT2D eigenvalue weighted by molar-refractivity contribution is 6.48. The summed E-state index contributed by atoms with van der Waals surface area (Å²) >= 11 is 0. The van der Waals surface area contributed by atoms with Gasteiger partial charge in [0, 0.05) is 25.2 Å². The predicted molar refractivity (Wildman–Crippen MR) is 160 cm³/mol. The van der Waals surface area contributed by atoms with E-state index >= 15 is 0 Å². The first-order valence-corrected chi connectivity index (χ1v) is 16.2. The van der Waals surface area contributed by atoms with Crippen LogP contribution in [0.5, 0.6) is 0 Å². The summed E-state index contributed by atoms with van der Waals surface area (Å²) in [7, 11) is -0.536. The molecule has 7 atom stereocenters. The van der Waals surface area contributed by atoms with Gasteiger partial charge in [0.05, 0.1) is 30.2 Å². The predicted octanol–water partition coefficient (Wildman–Crippen LogP) is 2.27. The van der Waals surface area contributed by atoms with Crippen LogP contribution >= 0.6 is 0 Å². The molecule has 4 unspecified atom stereocenters. The molecule has 14 heteroatoms. The quantitative estimate of drug-likeness (QED) is 0.346. The van der Waals surface area contributed by atoms with Gasteiger partial charge in [-0.05, 0) is 77.0 Å². The number of carbonyl (C=O) groups is 5. The number of imide groups is 1. The number of nitrogens with one attached hydrogen (secondary N) is 1. The van der Waals surface area contributed by atoms with Crippen molar-refractivity contribution in [2.45, 2.75) is 109 Å². The molecule has 1 N–H and O–H groups in total. The molecule has 0 aromatic heterocycles. The van der Waals surface area contributed by atoms with Crippen molar-refractivity contribution in [3.05, 3.63) is 12.2 Å². The van der Waals surface area contributed by atoms with Crippen LogP contribution in [-0.2, 0) is 33.2 Å². The topological polar surface area (TPSA) is 144 Å². The highest BCUT2D eigenvalue weighted by Crippen LogP contribution is 2.65. The third-order valence-electron chi connectivity index (χ3n) is 10.7. The summed E-state index contributed by atoms with van der Waals surface area (Å²) in [5, 5.41) is 2.74. The fraction of sp³-hybridized carbons (Fsp3) is 0.774. The van der Waals surface area contributed by atoms with E-state index in [1.165, 1.54) is 4.90 Å². The number of carbonyl (C=O) groups excluding carboxylic acids is 5. The molecule has 3 saturated carbocycles. The smallest absolute Gasteiger partial charge is 0.448 e. The van der Waals surface area contributed by atoms with Crippen LogP contribution in [0, 0.1) is 17.3 Å². The number of nitrogens with zero attached hydrogens (tertiary/aromatic N) is 3. The van der Waals surface area contributed by atoms with Gasteiger partial charge in [-0.15, -0.1) is 0 Å². The van der Waals surface area contributed by atoms with Gasteiger partial charge in [-0.1, -0.05) is 13.8 Å². The van der Waals surface area contributed by atoms with E-state index in [4.69, 9.17) is 18.8 Å². The minimum atomic E-state index is -0.859. The van der Waals surface area contributed by atoms with E-state index < -0.39 is 48.8 Å². The summed E-state index contributed by atoms with van der Waals surface area (Å²) in [5.74, 6) is -0.396. The van der Waals surface area contributed by atoms with Crippen molar-refractivity contribution in [3.8, 4) is 0 Å². The van der Waals surface area contributed by atoms with E-state index in [1.807, 2.05) is 0 Å². The van der Waals surface area contributed by atoms with E-state index in [2.05, 4.69) is 26.1 Å². The van der Waals surface area contributed by atoms with Crippen LogP contribution in [0.4, 0.5) is 9.59 Å². The van der Waals surface area contributed by atoms with Gasteiger partial charge >= 0.3 is 19.3 Å². The maximum atomic E-state index is 14.2. The van der Waals surface area contributed by atoms with Crippen molar-refractivity contribution < 1.29 is 42.8 Å². The van der Waals surface area contributed by atoms with Crippen LogP contribution in [0.2, 0.25) is 0 Å². The monoisotopic (exact) mass is 628 g/mol. The van der Waals surface area contributed by atoms with Gasteiger partial charge in [0.1, 0.15) is 18.2 Å². The lowest BCUT2D eigenvalue weighted by molar-refractivity contribution is -0.185. The molecular weight excluding hydrogens is 583 g/mol. The molecule has 0 radical (unpaired) electrons. The lowest BCUT2D eigenvalue weighted by Gasteiger charge is -2.63. The second-order valence-corrected chi connectivity index (χ2v) is 15.2. The van der Waals surface area contributed by atoms with E-state index in [9.17, 15) is 24.0 Å². The highest BCUT2D eigenvalue weighted by atomic mass is 16.7. The largest absolute Gasteiger partial charge is 0.481 e. The van der Waals surface area contributed by atoms with E-state index in [0.29, 0.717) is 18.4 Å². The lowest BCUT2D eigenvalue weighted by Crippen LogP contribution is -2.63. The standard InChI is InChI=1S/C31H45BN4O9/c1-29(2,3)43-28(41)36-17-19(33-27(40)42-13-12-35-23(37)9-10-24(35)38)15-21(36)26(39)34-11-7-8-22(34)32-44-25-20-14-18(30(20,4)5)16-31(25,6)45-32/h9-10,18-22,25H,7-8,11-17H2,1-6H3,(H,33,40)/t18?,19-,20?,21+,22+,25?,31?/m1/s1. The minimum absolute atomic E-state index is 0.0117. The molecule has 4 aliphatic heterocycles. The number of hydrogen-bond acceptors (Lipinski definition) is 9. The van der Waals surface area contributed by atoms with Crippen LogP contribution in [0.15, 0.2) is 12.2 Å². The first-order valence-electron chi connectivity index (χ1n) is 16.2. The Kier molecular flexibility index (Phi) is 7.99. The van der Waals surface area contributed by atoms with Crippen molar-refractivity contribution in [2.75, 3.05) is 26.2 Å². The average molecular weight is 629 g/mol. The number of alkyl carbamates (subject to hydrolysis) is 1. The first kappa shape index (κ1) is 31.8. The van der Waals surface area contributed by atoms with Gasteiger partial charge in [-0.25, -0.2) is 9.59 Å². The molecule has 246 valence electrons. The summed E-state index contributed by atoms with van der Waals surface area (Å²) in [6.45, 7) is 12.3. The normalized spacial score (nSPS) is 35.1. The Balaban J connectivity index is 1.11. The summed E-state index contributed by atoms with van der Waals surface area (Å²) in [4.78, 5) is 67.8. The van der Waals surface area contributed by atoms with Gasteiger partial charge in [-0.2, -0.15) is 0 Å². The van der Waals surface area contributed by atoms with Gasteiger partial charge in [0.15, 0.2) is 0 Å². The van der Waals surface area contributed by atoms with Crippen molar-refractivity contribution in [1.29, 1.82) is 0 Å². The number of rotatable bonds is 6. The van der Waals surface area contributed by atoms with Gasteiger partial charge in [0.2, 0.25) is 5.91 Å². The number of ether oxygens (including phenoxy) is 2. The molecule has 3 aliphatic carbocycles. The third-order valence-corrected chi connectivity index (χ3v) is 10.7. The second-order valence-electron chi connectivity index (χ2n) is 15.2. The Morgan fingerprint density at radius 3 is 2.47 bits per heavy atom. The molecule has 5 amide bonds.